The van der Waals surface area contributed by atoms with E-state index in [-0.39, 0.29) is 12.3 Å². The van der Waals surface area contributed by atoms with Crippen molar-refractivity contribution in [2.45, 2.75) is 18.7 Å². The minimum Gasteiger partial charge on any atom is -0.497 e. The molecule has 0 spiro atoms. The number of ether oxygens (including phenoxy) is 3. The van der Waals surface area contributed by atoms with Crippen LogP contribution < -0.4 is 14.2 Å². The molecule has 0 radical (unpaired) electrons. The highest BCUT2D eigenvalue weighted by Crippen LogP contribution is 2.49. The zero-order valence-electron chi connectivity index (χ0n) is 16.7. The number of methoxy groups -OCH3 is 2. The second-order valence-electron chi connectivity index (χ2n) is 7.27. The molecule has 0 fully saturated rings. The molecular weight excluding hydrogens is 444 g/mol. The summed E-state index contributed by atoms with van der Waals surface area (Å²) in [6.45, 7) is 0. The first-order chi connectivity index (χ1) is 14.7. The topological polar surface area (TPSA) is 43.3 Å². The molecule has 5 rings (SSSR count). The fourth-order valence-corrected chi connectivity index (χ4v) is 4.47. The maximum Gasteiger partial charge on any atom is 0.217 e. The number of nitrogens with zero attached hydrogens (tertiary/aromatic N) is 2. The van der Waals surface area contributed by atoms with Crippen LogP contribution in [-0.4, -0.2) is 24.9 Å². The lowest BCUT2D eigenvalue weighted by Crippen LogP contribution is -2.34. The number of halogens is 1. The van der Waals surface area contributed by atoms with E-state index < -0.39 is 0 Å². The van der Waals surface area contributed by atoms with Crippen molar-refractivity contribution in [1.82, 2.24) is 5.01 Å². The molecule has 0 saturated carbocycles. The first-order valence-electron chi connectivity index (χ1n) is 9.77. The Hall–Kier alpha value is -2.99. The molecule has 2 aliphatic heterocycles. The Morgan fingerprint density at radius 3 is 2.53 bits per heavy atom. The van der Waals surface area contributed by atoms with Crippen LogP contribution in [0.3, 0.4) is 0 Å². The Bertz CT molecular complexity index is 1110. The SMILES string of the molecule is COc1ccc(C2=NN3[C@@H](C2)c2cc(Br)ccc2O[C@H]3c2ccccc2OC)cc1. The Morgan fingerprint density at radius 1 is 0.967 bits per heavy atom. The molecule has 2 aliphatic rings. The van der Waals surface area contributed by atoms with Gasteiger partial charge in [0, 0.05) is 16.5 Å². The van der Waals surface area contributed by atoms with E-state index in [4.69, 9.17) is 19.3 Å². The standard InChI is InChI=1S/C24H21BrN2O3/c1-28-17-10-7-15(8-11-17)20-14-21-19-13-16(25)9-12-23(19)30-24(27(21)26-20)18-5-3-4-6-22(18)29-2/h3-13,21,24H,14H2,1-2H3/t21-,24-/m0/s1. The number of rotatable bonds is 4. The van der Waals surface area contributed by atoms with E-state index in [0.29, 0.717) is 0 Å². The summed E-state index contributed by atoms with van der Waals surface area (Å²) >= 11 is 3.60. The summed E-state index contributed by atoms with van der Waals surface area (Å²) in [7, 11) is 3.35. The number of hydrazone groups is 1. The number of fused-ring (bicyclic) bond motifs is 3. The third kappa shape index (κ3) is 3.21. The van der Waals surface area contributed by atoms with Crippen LogP contribution in [0.25, 0.3) is 0 Å². The predicted molar refractivity (Wildman–Crippen MR) is 119 cm³/mol. The zero-order valence-corrected chi connectivity index (χ0v) is 18.3. The van der Waals surface area contributed by atoms with Gasteiger partial charge in [0.1, 0.15) is 17.2 Å². The van der Waals surface area contributed by atoms with Gasteiger partial charge in [-0.05, 0) is 60.2 Å². The lowest BCUT2D eigenvalue weighted by Gasteiger charge is -2.38. The van der Waals surface area contributed by atoms with E-state index in [1.165, 1.54) is 0 Å². The molecule has 3 aromatic carbocycles. The van der Waals surface area contributed by atoms with Gasteiger partial charge >= 0.3 is 0 Å². The van der Waals surface area contributed by atoms with Crippen LogP contribution in [0.1, 0.15) is 35.4 Å². The summed E-state index contributed by atoms with van der Waals surface area (Å²) < 4.78 is 18.4. The van der Waals surface area contributed by atoms with Gasteiger partial charge in [0.2, 0.25) is 6.23 Å². The highest BCUT2D eigenvalue weighted by molar-refractivity contribution is 9.10. The van der Waals surface area contributed by atoms with Crippen LogP contribution in [0.4, 0.5) is 0 Å². The van der Waals surface area contributed by atoms with Crippen LogP contribution in [0.15, 0.2) is 76.3 Å². The van der Waals surface area contributed by atoms with E-state index in [0.717, 1.165) is 50.5 Å². The van der Waals surface area contributed by atoms with Crippen LogP contribution in [0.2, 0.25) is 0 Å². The van der Waals surface area contributed by atoms with Crippen LogP contribution >= 0.6 is 15.9 Å². The van der Waals surface area contributed by atoms with E-state index in [1.54, 1.807) is 14.2 Å². The Morgan fingerprint density at radius 2 is 1.77 bits per heavy atom. The van der Waals surface area contributed by atoms with E-state index >= 15 is 0 Å². The van der Waals surface area contributed by atoms with Gasteiger partial charge in [0.05, 0.1) is 31.5 Å². The molecule has 2 heterocycles. The molecule has 0 saturated heterocycles. The second-order valence-corrected chi connectivity index (χ2v) is 8.19. The minimum atomic E-state index is -0.365. The number of para-hydroxylation sites is 1. The molecule has 0 amide bonds. The summed E-state index contributed by atoms with van der Waals surface area (Å²) in [6, 6.07) is 22.2. The van der Waals surface area contributed by atoms with Gasteiger partial charge in [-0.1, -0.05) is 28.1 Å². The summed E-state index contributed by atoms with van der Waals surface area (Å²) in [5, 5.41) is 7.07. The van der Waals surface area contributed by atoms with Crippen molar-refractivity contribution < 1.29 is 14.2 Å². The van der Waals surface area contributed by atoms with Crippen molar-refractivity contribution in [3.05, 3.63) is 87.9 Å². The average molecular weight is 465 g/mol. The Labute approximate surface area is 184 Å². The van der Waals surface area contributed by atoms with Gasteiger partial charge in [0.25, 0.3) is 0 Å². The summed E-state index contributed by atoms with van der Waals surface area (Å²) in [5.41, 5.74) is 4.19. The fraction of sp³-hybridized carbons (Fsp3) is 0.208. The van der Waals surface area contributed by atoms with Gasteiger partial charge in [-0.25, -0.2) is 5.01 Å². The van der Waals surface area contributed by atoms with Gasteiger partial charge in [-0.2, -0.15) is 5.10 Å². The van der Waals surface area contributed by atoms with Crippen molar-refractivity contribution in [3.8, 4) is 17.2 Å². The van der Waals surface area contributed by atoms with Crippen LogP contribution in [0, 0.1) is 0 Å². The highest BCUT2D eigenvalue weighted by atomic mass is 79.9. The third-order valence-electron chi connectivity index (χ3n) is 5.58. The van der Waals surface area contributed by atoms with Crippen LogP contribution in [0.5, 0.6) is 17.2 Å². The summed E-state index contributed by atoms with van der Waals surface area (Å²) in [5.74, 6) is 2.50. The van der Waals surface area contributed by atoms with E-state index in [9.17, 15) is 0 Å². The molecule has 0 unspecified atom stereocenters. The maximum absolute atomic E-state index is 6.45. The average Bonchev–Trinajstić information content (AvgIpc) is 3.24. The van der Waals surface area contributed by atoms with Gasteiger partial charge < -0.3 is 14.2 Å². The van der Waals surface area contributed by atoms with Crippen molar-refractivity contribution in [1.29, 1.82) is 0 Å². The van der Waals surface area contributed by atoms with Crippen molar-refractivity contribution in [2.24, 2.45) is 5.10 Å². The van der Waals surface area contributed by atoms with Gasteiger partial charge in [-0.15, -0.1) is 0 Å². The second kappa shape index (κ2) is 7.69. The first-order valence-corrected chi connectivity index (χ1v) is 10.6. The zero-order chi connectivity index (χ0) is 20.7. The summed E-state index contributed by atoms with van der Waals surface area (Å²) in [4.78, 5) is 0. The van der Waals surface area contributed by atoms with Crippen molar-refractivity contribution >= 4 is 21.6 Å². The molecule has 0 aromatic heterocycles. The maximum atomic E-state index is 6.45. The monoisotopic (exact) mass is 464 g/mol. The normalized spacial score (nSPS) is 19.4. The smallest absolute Gasteiger partial charge is 0.217 e. The van der Waals surface area contributed by atoms with E-state index in [1.807, 2.05) is 48.5 Å². The Balaban J connectivity index is 1.60. The molecule has 30 heavy (non-hydrogen) atoms. The molecule has 2 atom stereocenters. The molecule has 0 bridgehead atoms. The molecular formula is C24H21BrN2O3. The lowest BCUT2D eigenvalue weighted by molar-refractivity contribution is -0.0203. The third-order valence-corrected chi connectivity index (χ3v) is 6.07. The fourth-order valence-electron chi connectivity index (χ4n) is 4.09. The molecule has 5 nitrogen and oxygen atoms in total. The lowest BCUT2D eigenvalue weighted by atomic mass is 9.96. The van der Waals surface area contributed by atoms with Gasteiger partial charge in [0.15, 0.2) is 0 Å². The van der Waals surface area contributed by atoms with Crippen LogP contribution in [-0.2, 0) is 0 Å². The highest BCUT2D eigenvalue weighted by Gasteiger charge is 2.42. The molecule has 0 N–H and O–H groups in total. The molecule has 3 aromatic rings. The molecule has 6 heteroatoms. The predicted octanol–water partition coefficient (Wildman–Crippen LogP) is 5.71. The minimum absolute atomic E-state index is 0.0817. The molecule has 0 aliphatic carbocycles. The first kappa shape index (κ1) is 19.0. The number of benzene rings is 3. The quantitative estimate of drug-likeness (QED) is 0.495. The number of hydrogen-bond donors (Lipinski definition) is 0. The largest absolute Gasteiger partial charge is 0.497 e. The Kier molecular flexibility index (Phi) is 4.87. The number of hydrogen-bond acceptors (Lipinski definition) is 5. The summed E-state index contributed by atoms with van der Waals surface area (Å²) in [6.07, 6.45) is 0.431. The van der Waals surface area contributed by atoms with E-state index in [2.05, 4.69) is 39.1 Å². The van der Waals surface area contributed by atoms with Crippen molar-refractivity contribution in [3.63, 3.8) is 0 Å². The molecule has 152 valence electrons. The van der Waals surface area contributed by atoms with Gasteiger partial charge in [-0.3, -0.25) is 0 Å². The van der Waals surface area contributed by atoms with Crippen molar-refractivity contribution in [2.75, 3.05) is 14.2 Å².